The summed E-state index contributed by atoms with van der Waals surface area (Å²) in [6.07, 6.45) is 3.80. The highest BCUT2D eigenvalue weighted by atomic mass is 35.5. The van der Waals surface area contributed by atoms with Crippen molar-refractivity contribution in [3.05, 3.63) is 58.6 Å². The van der Waals surface area contributed by atoms with Crippen molar-refractivity contribution < 1.29 is 4.79 Å². The molecule has 2 aromatic rings. The summed E-state index contributed by atoms with van der Waals surface area (Å²) in [5.41, 5.74) is 3.55. The van der Waals surface area contributed by atoms with Crippen molar-refractivity contribution in [2.45, 2.75) is 39.2 Å². The smallest absolute Gasteiger partial charge is 0.255 e. The Morgan fingerprint density at radius 3 is 2.58 bits per heavy atom. The van der Waals surface area contributed by atoms with Gasteiger partial charge in [0.05, 0.1) is 0 Å². The molecule has 1 heterocycles. The van der Waals surface area contributed by atoms with Crippen LogP contribution < -0.4 is 10.2 Å². The van der Waals surface area contributed by atoms with Crippen LogP contribution in [0.4, 0.5) is 11.4 Å². The first kappa shape index (κ1) is 16.8. The van der Waals surface area contributed by atoms with E-state index in [1.54, 1.807) is 12.1 Å². The zero-order valence-electron chi connectivity index (χ0n) is 14.2. The number of carbonyl (C=O) groups excluding carboxylic acids is 1. The van der Waals surface area contributed by atoms with Gasteiger partial charge in [-0.25, -0.2) is 0 Å². The number of hydrogen-bond acceptors (Lipinski definition) is 2. The number of hydrogen-bond donors (Lipinski definition) is 1. The largest absolute Gasteiger partial charge is 0.369 e. The highest BCUT2D eigenvalue weighted by Gasteiger charge is 2.18. The van der Waals surface area contributed by atoms with Gasteiger partial charge in [-0.05, 0) is 75.1 Å². The second-order valence-electron chi connectivity index (χ2n) is 6.50. The number of nitrogens with zero attached hydrogens (tertiary/aromatic N) is 1. The number of rotatable bonds is 3. The summed E-state index contributed by atoms with van der Waals surface area (Å²) in [5, 5.41) is 3.54. The molecule has 0 saturated carbocycles. The van der Waals surface area contributed by atoms with Crippen molar-refractivity contribution in [2.24, 2.45) is 0 Å². The summed E-state index contributed by atoms with van der Waals surface area (Å²) >= 11 is 6.10. The maximum absolute atomic E-state index is 12.3. The molecule has 126 valence electrons. The Hall–Kier alpha value is -2.00. The van der Waals surface area contributed by atoms with Crippen molar-refractivity contribution in [1.82, 2.24) is 0 Å². The van der Waals surface area contributed by atoms with Gasteiger partial charge in [-0.15, -0.1) is 0 Å². The number of benzene rings is 2. The Kier molecular flexibility index (Phi) is 5.10. The summed E-state index contributed by atoms with van der Waals surface area (Å²) in [7, 11) is 0. The quantitative estimate of drug-likeness (QED) is 0.823. The third-order valence-electron chi connectivity index (χ3n) is 4.69. The first-order valence-corrected chi connectivity index (χ1v) is 8.86. The summed E-state index contributed by atoms with van der Waals surface area (Å²) < 4.78 is 0. The fourth-order valence-corrected chi connectivity index (χ4v) is 3.34. The van der Waals surface area contributed by atoms with Crippen LogP contribution in [0.5, 0.6) is 0 Å². The number of amides is 1. The van der Waals surface area contributed by atoms with E-state index in [4.69, 9.17) is 11.6 Å². The SMILES string of the molecule is Cc1ccc(C(=O)Nc2ccc(N3CCCCC3C)cc2)cc1Cl. The van der Waals surface area contributed by atoms with Crippen LogP contribution in [0.3, 0.4) is 0 Å². The van der Waals surface area contributed by atoms with Gasteiger partial charge in [-0.3, -0.25) is 4.79 Å². The van der Waals surface area contributed by atoms with Gasteiger partial charge in [0.15, 0.2) is 0 Å². The lowest BCUT2D eigenvalue weighted by Crippen LogP contribution is -2.37. The van der Waals surface area contributed by atoms with Crippen molar-refractivity contribution >= 4 is 28.9 Å². The standard InChI is InChI=1S/C20H23ClN2O/c1-14-6-7-16(13-19(14)21)20(24)22-17-8-10-18(11-9-17)23-12-4-3-5-15(23)2/h6-11,13,15H,3-5,12H2,1-2H3,(H,22,24). The number of anilines is 2. The topological polar surface area (TPSA) is 32.3 Å². The van der Waals surface area contributed by atoms with E-state index >= 15 is 0 Å². The molecule has 1 aliphatic heterocycles. The van der Waals surface area contributed by atoms with Crippen molar-refractivity contribution in [1.29, 1.82) is 0 Å². The van der Waals surface area contributed by atoms with E-state index in [1.165, 1.54) is 24.9 Å². The molecule has 2 aromatic carbocycles. The third-order valence-corrected chi connectivity index (χ3v) is 5.10. The maximum Gasteiger partial charge on any atom is 0.255 e. The number of halogens is 1. The lowest BCUT2D eigenvalue weighted by Gasteiger charge is -2.35. The van der Waals surface area contributed by atoms with Gasteiger partial charge in [-0.1, -0.05) is 17.7 Å². The molecule has 1 amide bonds. The highest BCUT2D eigenvalue weighted by Crippen LogP contribution is 2.26. The Morgan fingerprint density at radius 2 is 1.92 bits per heavy atom. The van der Waals surface area contributed by atoms with Crippen LogP contribution in [-0.2, 0) is 0 Å². The first-order valence-electron chi connectivity index (χ1n) is 8.49. The van der Waals surface area contributed by atoms with E-state index in [-0.39, 0.29) is 5.91 Å². The first-order chi connectivity index (χ1) is 11.5. The number of piperidine rings is 1. The molecular weight excluding hydrogens is 320 g/mol. The monoisotopic (exact) mass is 342 g/mol. The van der Waals surface area contributed by atoms with Crippen LogP contribution in [0.1, 0.15) is 42.1 Å². The molecule has 1 unspecified atom stereocenters. The molecule has 1 atom stereocenters. The van der Waals surface area contributed by atoms with Crippen LogP contribution in [0.25, 0.3) is 0 Å². The normalized spacial score (nSPS) is 17.6. The zero-order chi connectivity index (χ0) is 17.1. The van der Waals surface area contributed by atoms with Crippen LogP contribution in [-0.4, -0.2) is 18.5 Å². The van der Waals surface area contributed by atoms with E-state index in [0.717, 1.165) is 17.8 Å². The van der Waals surface area contributed by atoms with Gasteiger partial charge >= 0.3 is 0 Å². The fourth-order valence-electron chi connectivity index (χ4n) is 3.16. The van der Waals surface area contributed by atoms with Crippen LogP contribution in [0.15, 0.2) is 42.5 Å². The lowest BCUT2D eigenvalue weighted by atomic mass is 10.0. The van der Waals surface area contributed by atoms with Crippen molar-refractivity contribution in [3.63, 3.8) is 0 Å². The summed E-state index contributed by atoms with van der Waals surface area (Å²) in [5.74, 6) is -0.143. The Balaban J connectivity index is 1.69. The molecule has 1 saturated heterocycles. The van der Waals surface area contributed by atoms with Gasteiger partial charge in [0.25, 0.3) is 5.91 Å². The van der Waals surface area contributed by atoms with Gasteiger partial charge in [0.1, 0.15) is 0 Å². The second kappa shape index (κ2) is 7.27. The van der Waals surface area contributed by atoms with E-state index < -0.39 is 0 Å². The number of carbonyl (C=O) groups is 1. The minimum Gasteiger partial charge on any atom is -0.369 e. The molecule has 0 aliphatic carbocycles. The maximum atomic E-state index is 12.3. The molecule has 0 bridgehead atoms. The zero-order valence-corrected chi connectivity index (χ0v) is 14.9. The second-order valence-corrected chi connectivity index (χ2v) is 6.91. The summed E-state index contributed by atoms with van der Waals surface area (Å²) in [6.45, 7) is 5.30. The van der Waals surface area contributed by atoms with Gasteiger partial charge in [0.2, 0.25) is 0 Å². The van der Waals surface area contributed by atoms with E-state index in [1.807, 2.05) is 25.1 Å². The van der Waals surface area contributed by atoms with Crippen LogP contribution in [0.2, 0.25) is 5.02 Å². The minimum atomic E-state index is -0.143. The van der Waals surface area contributed by atoms with Crippen molar-refractivity contribution in [3.8, 4) is 0 Å². The van der Waals surface area contributed by atoms with Gasteiger partial charge in [-0.2, -0.15) is 0 Å². The number of nitrogens with one attached hydrogen (secondary N) is 1. The fraction of sp³-hybridized carbons (Fsp3) is 0.350. The van der Waals surface area contributed by atoms with E-state index in [0.29, 0.717) is 16.6 Å². The molecule has 1 N–H and O–H groups in total. The average molecular weight is 343 g/mol. The van der Waals surface area contributed by atoms with Crippen LogP contribution in [0, 0.1) is 6.92 Å². The lowest BCUT2D eigenvalue weighted by molar-refractivity contribution is 0.102. The molecule has 0 radical (unpaired) electrons. The Morgan fingerprint density at radius 1 is 1.17 bits per heavy atom. The van der Waals surface area contributed by atoms with Gasteiger partial charge < -0.3 is 10.2 Å². The molecule has 3 nitrogen and oxygen atoms in total. The summed E-state index contributed by atoms with van der Waals surface area (Å²) in [4.78, 5) is 14.8. The molecule has 0 spiro atoms. The average Bonchev–Trinajstić information content (AvgIpc) is 2.58. The molecule has 24 heavy (non-hydrogen) atoms. The Bertz CT molecular complexity index is 727. The highest BCUT2D eigenvalue weighted by molar-refractivity contribution is 6.31. The molecule has 0 aromatic heterocycles. The van der Waals surface area contributed by atoms with E-state index in [9.17, 15) is 4.79 Å². The van der Waals surface area contributed by atoms with E-state index in [2.05, 4.69) is 29.3 Å². The molecule has 1 fully saturated rings. The molecule has 4 heteroatoms. The molecule has 3 rings (SSSR count). The Labute approximate surface area is 148 Å². The minimum absolute atomic E-state index is 0.143. The van der Waals surface area contributed by atoms with Crippen LogP contribution >= 0.6 is 11.6 Å². The predicted octanol–water partition coefficient (Wildman–Crippen LogP) is 5.28. The summed E-state index contributed by atoms with van der Waals surface area (Å²) in [6, 6.07) is 14.0. The van der Waals surface area contributed by atoms with Crippen molar-refractivity contribution in [2.75, 3.05) is 16.8 Å². The molecule has 1 aliphatic rings. The number of aryl methyl sites for hydroxylation is 1. The predicted molar refractivity (Wildman–Crippen MR) is 101 cm³/mol. The van der Waals surface area contributed by atoms with Gasteiger partial charge in [0, 0.05) is 34.5 Å². The third kappa shape index (κ3) is 3.73. The molecular formula is C20H23ClN2O.